The highest BCUT2D eigenvalue weighted by molar-refractivity contribution is 5.80. The molecule has 1 fully saturated rings. The van der Waals surface area contributed by atoms with Crippen LogP contribution in [-0.4, -0.2) is 53.7 Å². The lowest BCUT2D eigenvalue weighted by molar-refractivity contribution is 0.369. The number of rotatable bonds is 5. The third-order valence-corrected chi connectivity index (χ3v) is 5.10. The standard InChI is InChI=1S/C23H27N5O2/c1-2-24-23(25-16-19-17-30-22(26-19)18-8-4-3-5-9-18)28-14-12-27(13-15-28)20-10-6-7-11-21(20)29/h3-11,17,29H,2,12-16H2,1H3,(H,24,25). The van der Waals surface area contributed by atoms with E-state index < -0.39 is 0 Å². The first-order chi connectivity index (χ1) is 14.7. The van der Waals surface area contributed by atoms with E-state index in [4.69, 9.17) is 9.41 Å². The van der Waals surface area contributed by atoms with Crippen molar-refractivity contribution in [3.8, 4) is 17.2 Å². The highest BCUT2D eigenvalue weighted by atomic mass is 16.3. The quantitative estimate of drug-likeness (QED) is 0.501. The molecule has 1 aromatic heterocycles. The van der Waals surface area contributed by atoms with Gasteiger partial charge in [0.05, 0.1) is 12.2 Å². The van der Waals surface area contributed by atoms with E-state index in [0.717, 1.165) is 55.6 Å². The molecule has 0 saturated carbocycles. The van der Waals surface area contributed by atoms with E-state index in [0.29, 0.717) is 18.2 Å². The second-order valence-corrected chi connectivity index (χ2v) is 7.14. The number of anilines is 1. The van der Waals surface area contributed by atoms with Crippen LogP contribution in [0.5, 0.6) is 5.75 Å². The Bertz CT molecular complexity index is 978. The summed E-state index contributed by atoms with van der Waals surface area (Å²) in [6, 6.07) is 17.4. The summed E-state index contributed by atoms with van der Waals surface area (Å²) in [6.07, 6.45) is 1.67. The first-order valence-corrected chi connectivity index (χ1v) is 10.3. The van der Waals surface area contributed by atoms with E-state index in [2.05, 4.69) is 27.0 Å². The zero-order chi connectivity index (χ0) is 20.8. The summed E-state index contributed by atoms with van der Waals surface area (Å²) >= 11 is 0. The van der Waals surface area contributed by atoms with Crippen LogP contribution in [0.15, 0.2) is 70.3 Å². The first kappa shape index (κ1) is 19.8. The lowest BCUT2D eigenvalue weighted by Crippen LogP contribution is -2.52. The molecular formula is C23H27N5O2. The van der Waals surface area contributed by atoms with Crippen molar-refractivity contribution < 1.29 is 9.52 Å². The maximum atomic E-state index is 10.1. The molecule has 2 aromatic carbocycles. The van der Waals surface area contributed by atoms with E-state index in [1.54, 1.807) is 12.3 Å². The highest BCUT2D eigenvalue weighted by Crippen LogP contribution is 2.27. The van der Waals surface area contributed by atoms with Crippen LogP contribution in [-0.2, 0) is 6.54 Å². The van der Waals surface area contributed by atoms with Gasteiger partial charge >= 0.3 is 0 Å². The number of hydrogen-bond donors (Lipinski definition) is 2. The number of para-hydroxylation sites is 2. The fraction of sp³-hybridized carbons (Fsp3) is 0.304. The van der Waals surface area contributed by atoms with Gasteiger partial charge in [-0.1, -0.05) is 30.3 Å². The minimum Gasteiger partial charge on any atom is -0.506 e. The van der Waals surface area contributed by atoms with Gasteiger partial charge in [-0.2, -0.15) is 0 Å². The molecule has 7 nitrogen and oxygen atoms in total. The van der Waals surface area contributed by atoms with E-state index in [-0.39, 0.29) is 0 Å². The molecule has 0 aliphatic carbocycles. The van der Waals surface area contributed by atoms with Crippen molar-refractivity contribution in [1.29, 1.82) is 0 Å². The van der Waals surface area contributed by atoms with Crippen LogP contribution in [0.2, 0.25) is 0 Å². The number of benzene rings is 2. The molecule has 2 heterocycles. The van der Waals surface area contributed by atoms with Crippen molar-refractivity contribution in [1.82, 2.24) is 15.2 Å². The molecule has 7 heteroatoms. The van der Waals surface area contributed by atoms with Gasteiger partial charge in [0, 0.05) is 38.3 Å². The first-order valence-electron chi connectivity index (χ1n) is 10.3. The number of phenolic OH excluding ortho intramolecular Hbond substituents is 1. The lowest BCUT2D eigenvalue weighted by Gasteiger charge is -2.37. The molecule has 156 valence electrons. The van der Waals surface area contributed by atoms with Crippen molar-refractivity contribution in [2.75, 3.05) is 37.6 Å². The molecule has 3 aromatic rings. The van der Waals surface area contributed by atoms with Crippen LogP contribution in [0.25, 0.3) is 11.5 Å². The SMILES string of the molecule is CCNC(=NCc1coc(-c2ccccc2)n1)N1CCN(c2ccccc2O)CC1. The van der Waals surface area contributed by atoms with Crippen LogP contribution in [0, 0.1) is 0 Å². The molecule has 0 radical (unpaired) electrons. The van der Waals surface area contributed by atoms with Crippen LogP contribution in [0.4, 0.5) is 5.69 Å². The molecule has 0 bridgehead atoms. The van der Waals surface area contributed by atoms with E-state index in [1.807, 2.05) is 48.5 Å². The van der Waals surface area contributed by atoms with Gasteiger partial charge in [-0.25, -0.2) is 9.98 Å². The number of hydrogen-bond acceptors (Lipinski definition) is 5. The number of piperazine rings is 1. The van der Waals surface area contributed by atoms with Crippen molar-refractivity contribution >= 4 is 11.6 Å². The number of nitrogens with zero attached hydrogens (tertiary/aromatic N) is 4. The molecule has 1 aliphatic heterocycles. The predicted octanol–water partition coefficient (Wildman–Crippen LogP) is 3.33. The van der Waals surface area contributed by atoms with Gasteiger partial charge in [-0.05, 0) is 31.2 Å². The molecule has 1 aliphatic rings. The maximum absolute atomic E-state index is 10.1. The summed E-state index contributed by atoms with van der Waals surface area (Å²) in [4.78, 5) is 13.8. The van der Waals surface area contributed by atoms with Crippen molar-refractivity contribution in [2.24, 2.45) is 4.99 Å². The molecule has 4 rings (SSSR count). The van der Waals surface area contributed by atoms with Gasteiger partial charge in [0.2, 0.25) is 5.89 Å². The smallest absolute Gasteiger partial charge is 0.226 e. The summed E-state index contributed by atoms with van der Waals surface area (Å²) in [7, 11) is 0. The second-order valence-electron chi connectivity index (χ2n) is 7.14. The van der Waals surface area contributed by atoms with Gasteiger partial charge in [0.1, 0.15) is 17.7 Å². The predicted molar refractivity (Wildman–Crippen MR) is 119 cm³/mol. The average molecular weight is 406 g/mol. The second kappa shape index (κ2) is 9.35. The van der Waals surface area contributed by atoms with Gasteiger partial charge in [0.25, 0.3) is 0 Å². The third-order valence-electron chi connectivity index (χ3n) is 5.10. The lowest BCUT2D eigenvalue weighted by atomic mass is 10.2. The summed E-state index contributed by atoms with van der Waals surface area (Å²) in [5, 5.41) is 13.5. The highest BCUT2D eigenvalue weighted by Gasteiger charge is 2.21. The number of aromatic hydroxyl groups is 1. The van der Waals surface area contributed by atoms with Crippen LogP contribution in [0.3, 0.4) is 0 Å². The van der Waals surface area contributed by atoms with Crippen LogP contribution < -0.4 is 10.2 Å². The van der Waals surface area contributed by atoms with Crippen LogP contribution in [0.1, 0.15) is 12.6 Å². The largest absolute Gasteiger partial charge is 0.506 e. The monoisotopic (exact) mass is 405 g/mol. The Morgan fingerprint density at radius 1 is 1.07 bits per heavy atom. The Morgan fingerprint density at radius 3 is 2.53 bits per heavy atom. The minimum absolute atomic E-state index is 0.326. The Labute approximate surface area is 176 Å². The van der Waals surface area contributed by atoms with Gasteiger partial charge < -0.3 is 24.6 Å². The topological polar surface area (TPSA) is 77.1 Å². The van der Waals surface area contributed by atoms with E-state index in [9.17, 15) is 5.11 Å². The van der Waals surface area contributed by atoms with Crippen molar-refractivity contribution in [3.05, 3.63) is 66.6 Å². The van der Waals surface area contributed by atoms with Crippen LogP contribution >= 0.6 is 0 Å². The third kappa shape index (κ3) is 4.56. The Kier molecular flexibility index (Phi) is 6.17. The average Bonchev–Trinajstić information content (AvgIpc) is 3.27. The van der Waals surface area contributed by atoms with Gasteiger partial charge in [-0.3, -0.25) is 0 Å². The maximum Gasteiger partial charge on any atom is 0.226 e. The van der Waals surface area contributed by atoms with E-state index in [1.165, 1.54) is 0 Å². The fourth-order valence-corrected chi connectivity index (χ4v) is 3.57. The van der Waals surface area contributed by atoms with Gasteiger partial charge in [-0.15, -0.1) is 0 Å². The molecule has 0 spiro atoms. The number of aromatic nitrogens is 1. The Hall–Kier alpha value is -3.48. The normalized spacial score (nSPS) is 14.8. The fourth-order valence-electron chi connectivity index (χ4n) is 3.57. The molecular weight excluding hydrogens is 378 g/mol. The number of aliphatic imine (C=N–C) groups is 1. The zero-order valence-electron chi connectivity index (χ0n) is 17.2. The Balaban J connectivity index is 1.40. The van der Waals surface area contributed by atoms with Crippen molar-refractivity contribution in [2.45, 2.75) is 13.5 Å². The summed E-state index contributed by atoms with van der Waals surface area (Å²) in [6.45, 7) is 6.62. The number of phenols is 1. The number of guanidine groups is 1. The number of oxazole rings is 1. The summed E-state index contributed by atoms with van der Waals surface area (Å²) in [5.74, 6) is 1.81. The summed E-state index contributed by atoms with van der Waals surface area (Å²) in [5.41, 5.74) is 2.65. The molecule has 2 N–H and O–H groups in total. The summed E-state index contributed by atoms with van der Waals surface area (Å²) < 4.78 is 5.62. The molecule has 1 saturated heterocycles. The minimum atomic E-state index is 0.326. The van der Waals surface area contributed by atoms with Crippen molar-refractivity contribution in [3.63, 3.8) is 0 Å². The molecule has 30 heavy (non-hydrogen) atoms. The molecule has 0 atom stereocenters. The number of nitrogens with one attached hydrogen (secondary N) is 1. The Morgan fingerprint density at radius 2 is 1.80 bits per heavy atom. The van der Waals surface area contributed by atoms with Gasteiger partial charge in [0.15, 0.2) is 5.96 Å². The van der Waals surface area contributed by atoms with E-state index >= 15 is 0 Å². The molecule has 0 amide bonds. The zero-order valence-corrected chi connectivity index (χ0v) is 17.2. The molecule has 0 unspecified atom stereocenters.